The monoisotopic (exact) mass is 1270 g/mol. The van der Waals surface area contributed by atoms with Crippen molar-refractivity contribution in [3.05, 3.63) is 23.8 Å². The molecule has 8 fully saturated rings. The second-order valence-electron chi connectivity index (χ2n) is 28.8. The van der Waals surface area contributed by atoms with Gasteiger partial charge in [-0.1, -0.05) is 79.5 Å². The van der Waals surface area contributed by atoms with Crippen LogP contribution in [0.5, 0.6) is 0 Å². The van der Waals surface area contributed by atoms with E-state index in [0.29, 0.717) is 44.9 Å². The van der Waals surface area contributed by atoms with Gasteiger partial charge in [0, 0.05) is 18.4 Å². The number of carbonyl (C=O) groups is 3. The van der Waals surface area contributed by atoms with Crippen LogP contribution >= 0.6 is 0 Å². The maximum absolute atomic E-state index is 13.3. The number of unbranched alkanes of at least 4 members (excludes halogenated alkanes) is 1. The Morgan fingerprint density at radius 1 is 0.652 bits per heavy atom. The van der Waals surface area contributed by atoms with Crippen LogP contribution in [0.25, 0.3) is 0 Å². The lowest BCUT2D eigenvalue weighted by molar-refractivity contribution is -0.406. The fourth-order valence-electron chi connectivity index (χ4n) is 17.7. The number of allylic oxidation sites excluding steroid dienone is 3. The van der Waals surface area contributed by atoms with Crippen molar-refractivity contribution in [1.82, 2.24) is 0 Å². The number of aliphatic hydroxyl groups excluding tert-OH is 13. The smallest absolute Gasteiger partial charge is 0.335 e. The summed E-state index contributed by atoms with van der Waals surface area (Å²) in [6.07, 6.45) is -32.6. The molecule has 14 N–H and O–H groups in total. The van der Waals surface area contributed by atoms with Gasteiger partial charge in [-0.15, -0.1) is 0 Å². The molecule has 0 aromatic carbocycles. The lowest BCUT2D eigenvalue weighted by Crippen LogP contribution is -2.72. The van der Waals surface area contributed by atoms with Gasteiger partial charge in [-0.3, -0.25) is 4.79 Å². The van der Waals surface area contributed by atoms with E-state index in [1.54, 1.807) is 6.08 Å². The molecule has 0 bridgehead atoms. The number of hydrogen-bond acceptors (Lipinski definition) is 26. The molecule has 9 aliphatic rings. The number of hydrogen-bond donors (Lipinski definition) is 14. The molecule has 31 atom stereocenters. The molecule has 508 valence electrons. The van der Waals surface area contributed by atoms with E-state index in [-0.39, 0.29) is 24.9 Å². The average molecular weight is 1280 g/mol. The van der Waals surface area contributed by atoms with Crippen molar-refractivity contribution in [3.8, 4) is 0 Å². The Kier molecular flexibility index (Phi) is 20.8. The van der Waals surface area contributed by atoms with E-state index >= 15 is 0 Å². The zero-order chi connectivity index (χ0) is 65.6. The molecule has 27 heteroatoms. The molecule has 0 aromatic heterocycles. The minimum absolute atomic E-state index is 0.0301. The molecule has 89 heavy (non-hydrogen) atoms. The molecule has 0 amide bonds. The topological polar surface area (TPSA) is 427 Å². The van der Waals surface area contributed by atoms with E-state index in [4.69, 9.17) is 47.4 Å². The van der Waals surface area contributed by atoms with Gasteiger partial charge in [0.15, 0.2) is 31.3 Å². The number of fused-ring (bicyclic) bond motifs is 7. The van der Waals surface area contributed by atoms with Crippen molar-refractivity contribution in [2.24, 2.45) is 50.2 Å². The lowest BCUT2D eigenvalue weighted by atomic mass is 9.33. The largest absolute Gasteiger partial charge is 0.479 e. The minimum Gasteiger partial charge on any atom is -0.479 e. The third kappa shape index (κ3) is 12.1. The predicted molar refractivity (Wildman–Crippen MR) is 303 cm³/mol. The summed E-state index contributed by atoms with van der Waals surface area (Å²) in [5.74, 6) is -3.62. The van der Waals surface area contributed by atoms with Crippen molar-refractivity contribution in [2.45, 2.75) is 274 Å². The van der Waals surface area contributed by atoms with Crippen molar-refractivity contribution >= 4 is 17.9 Å². The first-order chi connectivity index (χ1) is 41.6. The predicted octanol–water partition coefficient (Wildman–Crippen LogP) is -1.05. The highest BCUT2D eigenvalue weighted by Crippen LogP contribution is 2.76. The van der Waals surface area contributed by atoms with Gasteiger partial charge < -0.3 is 119 Å². The van der Waals surface area contributed by atoms with Crippen LogP contribution in [0.3, 0.4) is 0 Å². The molecule has 27 nitrogen and oxygen atoms in total. The van der Waals surface area contributed by atoms with Gasteiger partial charge >= 0.3 is 17.9 Å². The Labute approximate surface area is 517 Å². The van der Waals surface area contributed by atoms with Crippen LogP contribution in [0.1, 0.15) is 127 Å². The highest BCUT2D eigenvalue weighted by molar-refractivity contribution is 5.82. The van der Waals surface area contributed by atoms with Gasteiger partial charge in [0.25, 0.3) is 0 Å². The van der Waals surface area contributed by atoms with Gasteiger partial charge in [-0.2, -0.15) is 0 Å². The van der Waals surface area contributed by atoms with Crippen molar-refractivity contribution in [2.75, 3.05) is 19.8 Å². The maximum atomic E-state index is 13.3. The molecule has 4 heterocycles. The highest BCUT2D eigenvalue weighted by atomic mass is 16.8. The van der Waals surface area contributed by atoms with E-state index in [1.165, 1.54) is 19.9 Å². The molecular formula is C62H98O27. The number of carboxylic acid groups (broad SMARTS) is 1. The second-order valence-corrected chi connectivity index (χ2v) is 28.8. The molecule has 4 saturated heterocycles. The first-order valence-electron chi connectivity index (χ1n) is 31.5. The number of rotatable bonds is 17. The number of esters is 2. The molecule has 9 rings (SSSR count). The van der Waals surface area contributed by atoms with Gasteiger partial charge in [0.2, 0.25) is 0 Å². The van der Waals surface area contributed by atoms with Gasteiger partial charge in [0.05, 0.1) is 36.9 Å². The molecular weight excluding hydrogens is 1180 g/mol. The van der Waals surface area contributed by atoms with Crippen molar-refractivity contribution in [1.29, 1.82) is 0 Å². The Bertz CT molecular complexity index is 2570. The lowest BCUT2D eigenvalue weighted by Gasteiger charge is -2.72. The van der Waals surface area contributed by atoms with Crippen LogP contribution in [-0.4, -0.2) is 256 Å². The number of carboxylic acids is 1. The summed E-state index contributed by atoms with van der Waals surface area (Å²) in [4.78, 5) is 39.2. The third-order valence-electron chi connectivity index (χ3n) is 22.9. The summed E-state index contributed by atoms with van der Waals surface area (Å²) < 4.78 is 61.0. The van der Waals surface area contributed by atoms with Crippen LogP contribution in [0.2, 0.25) is 0 Å². The van der Waals surface area contributed by atoms with Gasteiger partial charge in [-0.05, 0) is 97.7 Å². The quantitative estimate of drug-likeness (QED) is 0.0357. The first kappa shape index (κ1) is 70.4. The Hall–Kier alpha value is -2.95. The van der Waals surface area contributed by atoms with E-state index in [2.05, 4.69) is 26.8 Å². The van der Waals surface area contributed by atoms with E-state index in [0.717, 1.165) is 12.0 Å². The Morgan fingerprint density at radius 2 is 1.24 bits per heavy atom. The fraction of sp³-hybridized carbons (Fsp3) is 0.887. The first-order valence-corrected chi connectivity index (χ1v) is 31.5. The SMILES string of the molecule is CCCC=CC(=O)OC1C(O)C2(COC(C)=O)C(O)CC3(C)C(=CCC4C5(C)CCC(OC6OC(C(=O)O)C(O)C(OC7OC(CO)C(O)C(O)C7OC7OC(C)C(O)C(O)C7O)C6OC6OC(CO)C(O)C(O)C6O)C(C)(C)C5CCC43C)C2CC1(C)C. The normalized spacial score (nSPS) is 50.3. The van der Waals surface area contributed by atoms with Gasteiger partial charge in [0.1, 0.15) is 104 Å². The summed E-state index contributed by atoms with van der Waals surface area (Å²) in [7, 11) is 0. The summed E-state index contributed by atoms with van der Waals surface area (Å²) >= 11 is 0. The summed E-state index contributed by atoms with van der Waals surface area (Å²) in [5, 5.41) is 157. The van der Waals surface area contributed by atoms with Crippen LogP contribution in [-0.2, 0) is 61.8 Å². The van der Waals surface area contributed by atoms with Crippen LogP contribution < -0.4 is 0 Å². The van der Waals surface area contributed by atoms with Crippen molar-refractivity contribution < 1.29 is 133 Å². The molecule has 5 aliphatic carbocycles. The molecule has 0 radical (unpaired) electrons. The Balaban J connectivity index is 1.04. The standard InChI is InChI=1S/C62H98O27/c1-11-12-13-14-36(67)85-51-50(77)62(25-80-27(3)65)29(21-57(51,4)5)28-15-16-33-59(8)19-18-35(58(6,7)32(59)17-20-60(33,9)61(28,10)22-34(62)66)84-56-49(89-54-44(75)41(72)38(69)30(23-63)82-54)46(45(76)47(87-56)52(78)79)86-55-48(42(73)39(70)31(24-64)83-55)88-53-43(74)40(71)37(68)26(2)81-53/h13-15,26,29-35,37-51,53-56,63-64,66,68-77H,11-12,16-25H2,1-10H3,(H,78,79). The van der Waals surface area contributed by atoms with Crippen LogP contribution in [0, 0.1) is 50.2 Å². The van der Waals surface area contributed by atoms with E-state index in [9.17, 15) is 85.9 Å². The van der Waals surface area contributed by atoms with Crippen LogP contribution in [0.4, 0.5) is 0 Å². The number of aliphatic carboxylic acids is 1. The Morgan fingerprint density at radius 3 is 1.85 bits per heavy atom. The van der Waals surface area contributed by atoms with Gasteiger partial charge in [-0.25, -0.2) is 9.59 Å². The zero-order valence-electron chi connectivity index (χ0n) is 52.4. The second kappa shape index (κ2) is 26.3. The minimum atomic E-state index is -2.29. The number of aliphatic hydroxyl groups is 13. The number of ether oxygens (including phenoxy) is 10. The molecule has 4 saturated carbocycles. The highest BCUT2D eigenvalue weighted by Gasteiger charge is 2.74. The molecule has 0 spiro atoms. The average Bonchev–Trinajstić information content (AvgIpc) is 0.672. The zero-order valence-corrected chi connectivity index (χ0v) is 52.4. The molecule has 4 aliphatic heterocycles. The number of carbonyl (C=O) groups excluding carboxylic acids is 2. The summed E-state index contributed by atoms with van der Waals surface area (Å²) in [6.45, 7) is 17.0. The summed E-state index contributed by atoms with van der Waals surface area (Å²) in [6, 6.07) is 0. The summed E-state index contributed by atoms with van der Waals surface area (Å²) in [5.41, 5.74) is -3.65. The van der Waals surface area contributed by atoms with E-state index in [1.807, 2.05) is 34.6 Å². The fourth-order valence-corrected chi connectivity index (χ4v) is 17.7. The van der Waals surface area contributed by atoms with Crippen LogP contribution in [0.15, 0.2) is 23.8 Å². The third-order valence-corrected chi connectivity index (χ3v) is 22.9. The maximum Gasteiger partial charge on any atom is 0.335 e. The van der Waals surface area contributed by atoms with E-state index < -0.39 is 217 Å². The molecule has 0 aromatic rings. The van der Waals surface area contributed by atoms with Crippen molar-refractivity contribution in [3.63, 3.8) is 0 Å². The molecule has 31 unspecified atom stereocenters.